The van der Waals surface area contributed by atoms with Crippen molar-refractivity contribution < 1.29 is 4.74 Å². The van der Waals surface area contributed by atoms with Crippen LogP contribution in [-0.2, 0) is 4.74 Å². The molecule has 0 radical (unpaired) electrons. The van der Waals surface area contributed by atoms with Crippen molar-refractivity contribution in [2.75, 3.05) is 6.61 Å². The van der Waals surface area contributed by atoms with Crippen molar-refractivity contribution in [3.63, 3.8) is 0 Å². The van der Waals surface area contributed by atoms with Gasteiger partial charge in [-0.1, -0.05) is 111 Å². The topological polar surface area (TPSA) is 9.23 Å². The van der Waals surface area contributed by atoms with Crippen LogP contribution < -0.4 is 0 Å². The Kier molecular flexibility index (Phi) is 15.9. The van der Waals surface area contributed by atoms with Gasteiger partial charge in [0.1, 0.15) is 0 Å². The highest BCUT2D eigenvalue weighted by Crippen LogP contribution is 2.32. The van der Waals surface area contributed by atoms with Gasteiger partial charge >= 0.3 is 0 Å². The van der Waals surface area contributed by atoms with Crippen LogP contribution in [-0.4, -0.2) is 12.7 Å². The van der Waals surface area contributed by atoms with Gasteiger partial charge in [0.2, 0.25) is 0 Å². The van der Waals surface area contributed by atoms with Gasteiger partial charge in [-0.15, -0.1) is 0 Å². The third kappa shape index (κ3) is 11.4. The highest BCUT2D eigenvalue weighted by Gasteiger charge is 2.26. The predicted octanol–water partition coefficient (Wildman–Crippen LogP) is 9.13. The fraction of sp³-hybridized carbons (Fsp3) is 0.852. The van der Waals surface area contributed by atoms with Gasteiger partial charge in [0.15, 0.2) is 0 Å². The molecule has 0 heterocycles. The molecule has 0 aliphatic heterocycles. The molecular formula is C27H52O. The molecule has 1 heteroatoms. The van der Waals surface area contributed by atoms with Crippen molar-refractivity contribution in [3.8, 4) is 0 Å². The Morgan fingerprint density at radius 1 is 0.893 bits per heavy atom. The molecule has 1 nitrogen and oxygen atoms in total. The average molecular weight is 393 g/mol. The van der Waals surface area contributed by atoms with Gasteiger partial charge in [0.25, 0.3) is 0 Å². The molecule has 0 N–H and O–H groups in total. The SMILES string of the molecule is C.CCCCCCCCOC1C(CCC(C)CCCC(C)C)=CC=C(C)C1C. The first-order valence-electron chi connectivity index (χ1n) is 11.9. The molecule has 1 rings (SSSR count). The van der Waals surface area contributed by atoms with Crippen molar-refractivity contribution in [2.45, 2.75) is 126 Å². The summed E-state index contributed by atoms with van der Waals surface area (Å²) in [5.74, 6) is 2.19. The van der Waals surface area contributed by atoms with E-state index in [2.05, 4.69) is 53.7 Å². The smallest absolute Gasteiger partial charge is 0.0850 e. The number of allylic oxidation sites excluding steroid dienone is 2. The van der Waals surface area contributed by atoms with Crippen LogP contribution >= 0.6 is 0 Å². The zero-order chi connectivity index (χ0) is 20.1. The summed E-state index contributed by atoms with van der Waals surface area (Å²) in [5, 5.41) is 0. The molecule has 0 saturated heterocycles. The Bertz CT molecular complexity index is 432. The van der Waals surface area contributed by atoms with E-state index in [1.165, 1.54) is 81.8 Å². The molecule has 3 unspecified atom stereocenters. The second-order valence-corrected chi connectivity index (χ2v) is 9.47. The molecule has 0 aromatic carbocycles. The highest BCUT2D eigenvalue weighted by atomic mass is 16.5. The summed E-state index contributed by atoms with van der Waals surface area (Å²) >= 11 is 0. The minimum absolute atomic E-state index is 0. The third-order valence-corrected chi connectivity index (χ3v) is 6.30. The molecular weight excluding hydrogens is 340 g/mol. The second kappa shape index (κ2) is 16.3. The van der Waals surface area contributed by atoms with E-state index >= 15 is 0 Å². The summed E-state index contributed by atoms with van der Waals surface area (Å²) < 4.78 is 6.42. The molecule has 166 valence electrons. The van der Waals surface area contributed by atoms with Crippen molar-refractivity contribution >= 4 is 0 Å². The normalized spacial score (nSPS) is 20.5. The van der Waals surface area contributed by atoms with Crippen LogP contribution in [0.1, 0.15) is 120 Å². The van der Waals surface area contributed by atoms with Gasteiger partial charge in [-0.25, -0.2) is 0 Å². The van der Waals surface area contributed by atoms with Crippen LogP contribution in [0.5, 0.6) is 0 Å². The summed E-state index contributed by atoms with van der Waals surface area (Å²) in [5.41, 5.74) is 3.01. The Morgan fingerprint density at radius 2 is 1.57 bits per heavy atom. The average Bonchev–Trinajstić information content (AvgIpc) is 2.63. The number of ether oxygens (including phenoxy) is 1. The first-order valence-corrected chi connectivity index (χ1v) is 11.9. The fourth-order valence-corrected chi connectivity index (χ4v) is 4.05. The predicted molar refractivity (Wildman–Crippen MR) is 128 cm³/mol. The van der Waals surface area contributed by atoms with Crippen LogP contribution in [0.15, 0.2) is 23.3 Å². The summed E-state index contributed by atoms with van der Waals surface area (Å²) in [6.45, 7) is 14.9. The van der Waals surface area contributed by atoms with E-state index in [4.69, 9.17) is 4.74 Å². The number of hydrogen-bond donors (Lipinski definition) is 0. The van der Waals surface area contributed by atoms with Crippen LogP contribution in [0.3, 0.4) is 0 Å². The first kappa shape index (κ1) is 27.4. The summed E-state index contributed by atoms with van der Waals surface area (Å²) in [6, 6.07) is 0. The van der Waals surface area contributed by atoms with E-state index in [0.29, 0.717) is 12.0 Å². The van der Waals surface area contributed by atoms with E-state index in [1.54, 1.807) is 0 Å². The van der Waals surface area contributed by atoms with Gasteiger partial charge in [-0.2, -0.15) is 0 Å². The monoisotopic (exact) mass is 392 g/mol. The number of unbranched alkanes of at least 4 members (excludes halogenated alkanes) is 5. The molecule has 1 aliphatic rings. The molecule has 0 aromatic rings. The Morgan fingerprint density at radius 3 is 2.25 bits per heavy atom. The van der Waals surface area contributed by atoms with E-state index in [9.17, 15) is 0 Å². The minimum atomic E-state index is 0. The molecule has 1 aliphatic carbocycles. The molecule has 0 fully saturated rings. The van der Waals surface area contributed by atoms with Gasteiger partial charge in [-0.3, -0.25) is 0 Å². The number of hydrogen-bond acceptors (Lipinski definition) is 1. The lowest BCUT2D eigenvalue weighted by molar-refractivity contribution is 0.0453. The Balaban J connectivity index is 0.00000729. The molecule has 28 heavy (non-hydrogen) atoms. The van der Waals surface area contributed by atoms with Crippen molar-refractivity contribution in [2.24, 2.45) is 17.8 Å². The Hall–Kier alpha value is -0.560. The fourth-order valence-electron chi connectivity index (χ4n) is 4.05. The third-order valence-electron chi connectivity index (χ3n) is 6.30. The maximum absolute atomic E-state index is 6.42. The molecule has 0 bridgehead atoms. The highest BCUT2D eigenvalue weighted by molar-refractivity contribution is 5.29. The van der Waals surface area contributed by atoms with Gasteiger partial charge < -0.3 is 4.74 Å². The van der Waals surface area contributed by atoms with Gasteiger partial charge in [0, 0.05) is 12.5 Å². The van der Waals surface area contributed by atoms with E-state index < -0.39 is 0 Å². The molecule has 0 spiro atoms. The van der Waals surface area contributed by atoms with Crippen LogP contribution in [0, 0.1) is 17.8 Å². The minimum Gasteiger partial charge on any atom is -0.373 e. The summed E-state index contributed by atoms with van der Waals surface area (Å²) in [7, 11) is 0. The molecule has 0 amide bonds. The summed E-state index contributed by atoms with van der Waals surface area (Å²) in [4.78, 5) is 0. The Labute approximate surface area is 178 Å². The largest absolute Gasteiger partial charge is 0.373 e. The lowest BCUT2D eigenvalue weighted by atomic mass is 9.83. The molecule has 3 atom stereocenters. The van der Waals surface area contributed by atoms with E-state index in [1.807, 2.05) is 0 Å². The maximum atomic E-state index is 6.42. The van der Waals surface area contributed by atoms with Crippen molar-refractivity contribution in [1.82, 2.24) is 0 Å². The first-order chi connectivity index (χ1) is 13.0. The second-order valence-electron chi connectivity index (χ2n) is 9.47. The molecule has 0 aromatic heterocycles. The standard InChI is InChI=1S/C26H48O.CH4/c1-7-8-9-10-11-12-20-27-26-24(6)23(5)17-19-25(26)18-16-22(4)15-13-14-21(2)3;/h17,19,21-22,24,26H,7-16,18,20H2,1-6H3;1H4. The van der Waals surface area contributed by atoms with Gasteiger partial charge in [0.05, 0.1) is 6.10 Å². The lowest BCUT2D eigenvalue weighted by Gasteiger charge is -2.31. The van der Waals surface area contributed by atoms with E-state index in [0.717, 1.165) is 18.4 Å². The molecule has 0 saturated carbocycles. The van der Waals surface area contributed by atoms with Crippen molar-refractivity contribution in [1.29, 1.82) is 0 Å². The van der Waals surface area contributed by atoms with E-state index in [-0.39, 0.29) is 7.43 Å². The maximum Gasteiger partial charge on any atom is 0.0850 e. The van der Waals surface area contributed by atoms with Crippen molar-refractivity contribution in [3.05, 3.63) is 23.3 Å². The zero-order valence-electron chi connectivity index (χ0n) is 19.4. The quantitative estimate of drug-likeness (QED) is 0.252. The van der Waals surface area contributed by atoms with Crippen LogP contribution in [0.4, 0.5) is 0 Å². The lowest BCUT2D eigenvalue weighted by Crippen LogP contribution is -2.28. The van der Waals surface area contributed by atoms with Gasteiger partial charge in [-0.05, 0) is 43.6 Å². The van der Waals surface area contributed by atoms with Crippen LogP contribution in [0.2, 0.25) is 0 Å². The number of rotatable bonds is 15. The van der Waals surface area contributed by atoms with Crippen LogP contribution in [0.25, 0.3) is 0 Å². The summed E-state index contributed by atoms with van der Waals surface area (Å²) in [6.07, 6.45) is 19.6. The zero-order valence-corrected chi connectivity index (χ0v) is 19.4.